The molecule has 0 radical (unpaired) electrons. The molecule has 2 aliphatic heterocycles. The van der Waals surface area contributed by atoms with E-state index in [0.717, 1.165) is 18.0 Å². The molecule has 3 unspecified atom stereocenters. The molecule has 1 heteroatoms. The molecule has 2 heterocycles. The maximum atomic E-state index is 2.70. The Morgan fingerprint density at radius 1 is 1.20 bits per heavy atom. The molecular weight excluding hydrogens is 122 g/mol. The average molecular weight is 139 g/mol. The van der Waals surface area contributed by atoms with Crippen molar-refractivity contribution in [2.75, 3.05) is 6.54 Å². The third-order valence-corrected chi connectivity index (χ3v) is 3.15. The molecule has 2 saturated heterocycles. The molecular formula is C9H17N. The summed E-state index contributed by atoms with van der Waals surface area (Å²) in [6.07, 6.45) is 4.37. The van der Waals surface area contributed by atoms with E-state index in [1.54, 1.807) is 0 Å². The molecule has 0 aromatic carbocycles. The molecule has 0 N–H and O–H groups in total. The van der Waals surface area contributed by atoms with Gasteiger partial charge in [-0.25, -0.2) is 0 Å². The van der Waals surface area contributed by atoms with E-state index in [-0.39, 0.29) is 0 Å². The van der Waals surface area contributed by atoms with Gasteiger partial charge < -0.3 is 0 Å². The van der Waals surface area contributed by atoms with E-state index in [4.69, 9.17) is 0 Å². The van der Waals surface area contributed by atoms with Gasteiger partial charge in [0, 0.05) is 18.6 Å². The Labute approximate surface area is 63.4 Å². The zero-order valence-corrected chi connectivity index (χ0v) is 7.01. The van der Waals surface area contributed by atoms with Crippen LogP contribution in [-0.4, -0.2) is 23.5 Å². The summed E-state index contributed by atoms with van der Waals surface area (Å²) in [5, 5.41) is 0. The lowest BCUT2D eigenvalue weighted by Crippen LogP contribution is -2.29. The minimum Gasteiger partial charge on any atom is -0.297 e. The zero-order chi connectivity index (χ0) is 7.14. The van der Waals surface area contributed by atoms with Gasteiger partial charge in [-0.15, -0.1) is 0 Å². The van der Waals surface area contributed by atoms with Crippen LogP contribution in [0.25, 0.3) is 0 Å². The van der Waals surface area contributed by atoms with Gasteiger partial charge in [-0.1, -0.05) is 6.92 Å². The van der Waals surface area contributed by atoms with E-state index >= 15 is 0 Å². The van der Waals surface area contributed by atoms with Crippen molar-refractivity contribution in [2.45, 2.75) is 45.2 Å². The second-order valence-corrected chi connectivity index (χ2v) is 4.12. The zero-order valence-electron chi connectivity index (χ0n) is 7.01. The summed E-state index contributed by atoms with van der Waals surface area (Å²) in [6.45, 7) is 6.12. The summed E-state index contributed by atoms with van der Waals surface area (Å²) in [5.74, 6) is 0.966. The monoisotopic (exact) mass is 139 g/mol. The number of hydrogen-bond acceptors (Lipinski definition) is 1. The Morgan fingerprint density at radius 2 is 2.00 bits per heavy atom. The summed E-state index contributed by atoms with van der Waals surface area (Å²) in [7, 11) is 0. The van der Waals surface area contributed by atoms with Crippen LogP contribution >= 0.6 is 0 Å². The maximum Gasteiger partial charge on any atom is 0.0102 e. The molecule has 3 atom stereocenters. The van der Waals surface area contributed by atoms with Crippen LogP contribution in [0, 0.1) is 5.92 Å². The summed E-state index contributed by atoms with van der Waals surface area (Å²) in [6, 6.07) is 1.85. The van der Waals surface area contributed by atoms with Gasteiger partial charge in [0.15, 0.2) is 0 Å². The van der Waals surface area contributed by atoms with Crippen molar-refractivity contribution in [3.05, 3.63) is 0 Å². The summed E-state index contributed by atoms with van der Waals surface area (Å²) in [5.41, 5.74) is 0. The smallest absolute Gasteiger partial charge is 0.0102 e. The molecule has 10 heavy (non-hydrogen) atoms. The fourth-order valence-corrected chi connectivity index (χ4v) is 2.61. The topological polar surface area (TPSA) is 3.24 Å². The Hall–Kier alpha value is -0.0400. The Kier molecular flexibility index (Phi) is 1.48. The Balaban J connectivity index is 2.05. The number of nitrogens with zero attached hydrogens (tertiary/aromatic N) is 1. The highest BCUT2D eigenvalue weighted by Crippen LogP contribution is 2.34. The standard InChI is InChI=1S/C9H17N/c1-7-5-9-4-3-8(2)10(9)6-7/h7-9H,3-6H2,1-2H3. The predicted octanol–water partition coefficient (Wildman–Crippen LogP) is 1.88. The number of rotatable bonds is 0. The number of fused-ring (bicyclic) bond motifs is 1. The first kappa shape index (κ1) is 6.66. The first-order valence-corrected chi connectivity index (χ1v) is 4.53. The van der Waals surface area contributed by atoms with Crippen LogP contribution in [0.1, 0.15) is 33.1 Å². The van der Waals surface area contributed by atoms with E-state index in [0.29, 0.717) is 0 Å². The van der Waals surface area contributed by atoms with Gasteiger partial charge in [0.25, 0.3) is 0 Å². The fourth-order valence-electron chi connectivity index (χ4n) is 2.61. The van der Waals surface area contributed by atoms with Crippen LogP contribution in [0.4, 0.5) is 0 Å². The third-order valence-electron chi connectivity index (χ3n) is 3.15. The fraction of sp³-hybridized carbons (Fsp3) is 1.00. The predicted molar refractivity (Wildman–Crippen MR) is 43.0 cm³/mol. The molecule has 0 amide bonds. The van der Waals surface area contributed by atoms with Gasteiger partial charge >= 0.3 is 0 Å². The van der Waals surface area contributed by atoms with Crippen molar-refractivity contribution >= 4 is 0 Å². The molecule has 0 bridgehead atoms. The van der Waals surface area contributed by atoms with Crippen LogP contribution < -0.4 is 0 Å². The lowest BCUT2D eigenvalue weighted by atomic mass is 10.1. The van der Waals surface area contributed by atoms with E-state index in [1.165, 1.54) is 25.8 Å². The normalized spacial score (nSPS) is 48.0. The molecule has 58 valence electrons. The highest BCUT2D eigenvalue weighted by molar-refractivity contribution is 4.92. The van der Waals surface area contributed by atoms with Crippen molar-refractivity contribution in [3.63, 3.8) is 0 Å². The van der Waals surface area contributed by atoms with Crippen molar-refractivity contribution in [3.8, 4) is 0 Å². The van der Waals surface area contributed by atoms with Crippen molar-refractivity contribution in [1.29, 1.82) is 0 Å². The van der Waals surface area contributed by atoms with Gasteiger partial charge in [-0.3, -0.25) is 4.90 Å². The molecule has 1 nitrogen and oxygen atoms in total. The second kappa shape index (κ2) is 2.23. The van der Waals surface area contributed by atoms with E-state index in [9.17, 15) is 0 Å². The first-order chi connectivity index (χ1) is 4.77. The summed E-state index contributed by atoms with van der Waals surface area (Å²) >= 11 is 0. The van der Waals surface area contributed by atoms with Crippen molar-refractivity contribution < 1.29 is 0 Å². The maximum absolute atomic E-state index is 2.70. The van der Waals surface area contributed by atoms with Gasteiger partial charge in [0.1, 0.15) is 0 Å². The highest BCUT2D eigenvalue weighted by atomic mass is 15.2. The highest BCUT2D eigenvalue weighted by Gasteiger charge is 2.36. The molecule has 0 aromatic heterocycles. The Morgan fingerprint density at radius 3 is 2.70 bits per heavy atom. The van der Waals surface area contributed by atoms with E-state index in [2.05, 4.69) is 18.7 Å². The Bertz CT molecular complexity index is 133. The van der Waals surface area contributed by atoms with E-state index in [1.807, 2.05) is 0 Å². The van der Waals surface area contributed by atoms with Gasteiger partial charge in [-0.2, -0.15) is 0 Å². The quantitative estimate of drug-likeness (QED) is 0.495. The SMILES string of the molecule is CC1CC2CCC(C)N2C1. The van der Waals surface area contributed by atoms with Crippen molar-refractivity contribution in [1.82, 2.24) is 4.90 Å². The number of hydrogen-bond donors (Lipinski definition) is 0. The molecule has 0 aliphatic carbocycles. The van der Waals surface area contributed by atoms with E-state index < -0.39 is 0 Å². The lowest BCUT2D eigenvalue weighted by Gasteiger charge is -2.19. The summed E-state index contributed by atoms with van der Waals surface area (Å²) < 4.78 is 0. The van der Waals surface area contributed by atoms with Crippen LogP contribution in [0.5, 0.6) is 0 Å². The molecule has 2 aliphatic rings. The van der Waals surface area contributed by atoms with Crippen LogP contribution in [0.2, 0.25) is 0 Å². The molecule has 0 aromatic rings. The second-order valence-electron chi connectivity index (χ2n) is 4.12. The van der Waals surface area contributed by atoms with Gasteiger partial charge in [-0.05, 0) is 32.1 Å². The first-order valence-electron chi connectivity index (χ1n) is 4.53. The average Bonchev–Trinajstić information content (AvgIpc) is 2.35. The summed E-state index contributed by atoms with van der Waals surface area (Å²) in [4.78, 5) is 2.70. The van der Waals surface area contributed by atoms with Crippen LogP contribution in [-0.2, 0) is 0 Å². The van der Waals surface area contributed by atoms with Crippen molar-refractivity contribution in [2.24, 2.45) is 5.92 Å². The minimum atomic E-state index is 0.884. The molecule has 2 rings (SSSR count). The molecule has 2 fully saturated rings. The largest absolute Gasteiger partial charge is 0.297 e. The molecule has 0 saturated carbocycles. The van der Waals surface area contributed by atoms with Gasteiger partial charge in [0.2, 0.25) is 0 Å². The molecule has 0 spiro atoms. The minimum absolute atomic E-state index is 0.884. The van der Waals surface area contributed by atoms with Crippen LogP contribution in [0.3, 0.4) is 0 Å². The lowest BCUT2D eigenvalue weighted by molar-refractivity contribution is 0.254. The third kappa shape index (κ3) is 0.878. The van der Waals surface area contributed by atoms with Gasteiger partial charge in [0.05, 0.1) is 0 Å². The van der Waals surface area contributed by atoms with Crippen LogP contribution in [0.15, 0.2) is 0 Å².